The molecule has 3 unspecified atom stereocenters. The molecule has 1 amide bonds. The van der Waals surface area contributed by atoms with E-state index >= 15 is 0 Å². The third-order valence-electron chi connectivity index (χ3n) is 13.6. The SMILES string of the molecule is CC/C=C\C/C=C\C/C=C\C/C=C\CCCCCCCCCCCCCCCCCCCCCCCCCCC(=O)NC(COP(=O)([O-])OCC[N+](C)(C)C)C(O)CCCCCCCCCCCCC. The molecule has 0 aliphatic rings. The van der Waals surface area contributed by atoms with Gasteiger partial charge in [0.25, 0.3) is 7.82 Å². The molecule has 0 aromatic rings. The number of phosphoric ester groups is 1. The summed E-state index contributed by atoms with van der Waals surface area (Å²) in [4.78, 5) is 25.5. The smallest absolute Gasteiger partial charge is 0.268 e. The number of rotatable bonds is 55. The summed E-state index contributed by atoms with van der Waals surface area (Å²) in [5.41, 5.74) is 0. The lowest BCUT2D eigenvalue weighted by atomic mass is 10.0. The number of phosphoric acid groups is 1. The van der Waals surface area contributed by atoms with Gasteiger partial charge in [-0.15, -0.1) is 0 Å². The Bertz CT molecular complexity index is 1280. The standard InChI is InChI=1S/C61H117N2O6P/c1-6-8-10-12-14-16-18-19-20-21-22-23-24-25-26-27-28-29-30-31-32-33-34-35-36-37-38-39-40-41-42-43-45-47-49-51-53-55-61(65)62-59(58-69-70(66,67)68-57-56-63(3,4)5)60(64)54-52-50-48-46-44-17-15-13-11-9-7-2/h8,10,14,16,19-20,22-23,59-60,64H,6-7,9,11-13,15,17-18,21,24-58H2,1-5H3,(H-,62,65,66,67)/b10-8-,16-14-,20-19-,23-22-. The van der Waals surface area contributed by atoms with Gasteiger partial charge in [-0.25, -0.2) is 0 Å². The lowest BCUT2D eigenvalue weighted by molar-refractivity contribution is -0.870. The van der Waals surface area contributed by atoms with Crippen LogP contribution >= 0.6 is 7.82 Å². The third kappa shape index (κ3) is 54.2. The minimum absolute atomic E-state index is 0.0137. The van der Waals surface area contributed by atoms with Crippen LogP contribution in [-0.4, -0.2) is 68.5 Å². The van der Waals surface area contributed by atoms with Crippen LogP contribution in [0.25, 0.3) is 0 Å². The van der Waals surface area contributed by atoms with Crippen LogP contribution in [0.1, 0.15) is 284 Å². The maximum Gasteiger partial charge on any atom is 0.268 e. The predicted octanol–water partition coefficient (Wildman–Crippen LogP) is 17.7. The first kappa shape index (κ1) is 68.5. The molecule has 0 spiro atoms. The zero-order valence-electron chi connectivity index (χ0n) is 47.0. The van der Waals surface area contributed by atoms with Gasteiger partial charge in [0.05, 0.1) is 39.9 Å². The molecule has 0 radical (unpaired) electrons. The van der Waals surface area contributed by atoms with Gasteiger partial charge in [-0.3, -0.25) is 9.36 Å². The number of amides is 1. The Hall–Kier alpha value is -1.54. The molecular weight excluding hydrogens is 888 g/mol. The lowest BCUT2D eigenvalue weighted by Gasteiger charge is -2.30. The molecule has 0 heterocycles. The molecule has 0 saturated carbocycles. The number of hydrogen-bond acceptors (Lipinski definition) is 6. The number of allylic oxidation sites excluding steroid dienone is 8. The van der Waals surface area contributed by atoms with E-state index in [9.17, 15) is 19.4 Å². The summed E-state index contributed by atoms with van der Waals surface area (Å²) in [7, 11) is 1.31. The summed E-state index contributed by atoms with van der Waals surface area (Å²) in [5.74, 6) is -0.162. The quantitative estimate of drug-likeness (QED) is 0.0272. The van der Waals surface area contributed by atoms with Gasteiger partial charge < -0.3 is 28.8 Å². The molecular formula is C61H117N2O6P. The van der Waals surface area contributed by atoms with Crippen LogP contribution in [0, 0.1) is 0 Å². The Morgan fingerprint density at radius 2 is 0.871 bits per heavy atom. The number of nitrogens with zero attached hydrogens (tertiary/aromatic N) is 1. The Morgan fingerprint density at radius 1 is 0.514 bits per heavy atom. The van der Waals surface area contributed by atoms with Crippen LogP contribution in [0.15, 0.2) is 48.6 Å². The van der Waals surface area contributed by atoms with Crippen molar-refractivity contribution < 1.29 is 32.9 Å². The molecule has 0 aliphatic heterocycles. The van der Waals surface area contributed by atoms with Crippen LogP contribution in [0.2, 0.25) is 0 Å². The highest BCUT2D eigenvalue weighted by Crippen LogP contribution is 2.38. The van der Waals surface area contributed by atoms with E-state index in [2.05, 4.69) is 67.8 Å². The molecule has 0 bridgehead atoms. The molecule has 0 aromatic carbocycles. The van der Waals surface area contributed by atoms with Crippen molar-refractivity contribution >= 4 is 13.7 Å². The van der Waals surface area contributed by atoms with Crippen molar-refractivity contribution in [3.05, 3.63) is 48.6 Å². The van der Waals surface area contributed by atoms with E-state index in [0.717, 1.165) is 64.2 Å². The predicted molar refractivity (Wildman–Crippen MR) is 302 cm³/mol. The second-order valence-corrected chi connectivity index (χ2v) is 23.1. The number of unbranched alkanes of at least 4 members (excludes halogenated alkanes) is 34. The Morgan fingerprint density at radius 3 is 1.27 bits per heavy atom. The van der Waals surface area contributed by atoms with E-state index < -0.39 is 20.0 Å². The summed E-state index contributed by atoms with van der Waals surface area (Å²) in [6, 6.07) is -0.797. The number of hydrogen-bond donors (Lipinski definition) is 2. The van der Waals surface area contributed by atoms with E-state index in [0.29, 0.717) is 23.9 Å². The molecule has 9 heteroatoms. The number of quaternary nitrogens is 1. The summed E-state index contributed by atoms with van der Waals surface area (Å²) in [6.45, 7) is 4.62. The fourth-order valence-electron chi connectivity index (χ4n) is 8.92. The molecule has 70 heavy (non-hydrogen) atoms. The molecule has 0 aliphatic carbocycles. The summed E-state index contributed by atoms with van der Waals surface area (Å²) >= 11 is 0. The number of nitrogens with one attached hydrogen (secondary N) is 1. The van der Waals surface area contributed by atoms with Gasteiger partial charge >= 0.3 is 0 Å². The van der Waals surface area contributed by atoms with Crippen LogP contribution in [0.3, 0.4) is 0 Å². The second-order valence-electron chi connectivity index (χ2n) is 21.7. The maximum atomic E-state index is 12.9. The lowest BCUT2D eigenvalue weighted by Crippen LogP contribution is -2.46. The molecule has 2 N–H and O–H groups in total. The summed E-state index contributed by atoms with van der Waals surface area (Å²) in [5, 5.41) is 14.0. The van der Waals surface area contributed by atoms with Gasteiger partial charge in [0, 0.05) is 6.42 Å². The van der Waals surface area contributed by atoms with Crippen molar-refractivity contribution in [1.82, 2.24) is 5.32 Å². The Labute approximate surface area is 435 Å². The highest BCUT2D eigenvalue weighted by atomic mass is 31.2. The topological polar surface area (TPSA) is 108 Å². The van der Waals surface area contributed by atoms with Gasteiger partial charge in [0.2, 0.25) is 5.91 Å². The van der Waals surface area contributed by atoms with E-state index in [-0.39, 0.29) is 19.1 Å². The number of aliphatic hydroxyl groups excluding tert-OH is 1. The van der Waals surface area contributed by atoms with E-state index in [1.165, 1.54) is 193 Å². The van der Waals surface area contributed by atoms with Crippen LogP contribution < -0.4 is 10.2 Å². The highest BCUT2D eigenvalue weighted by Gasteiger charge is 2.24. The van der Waals surface area contributed by atoms with Gasteiger partial charge in [0.15, 0.2) is 0 Å². The number of aliphatic hydroxyl groups is 1. The Kier molecular flexibility index (Phi) is 51.2. The number of carbonyl (C=O) groups is 1. The zero-order chi connectivity index (χ0) is 51.3. The molecule has 3 atom stereocenters. The minimum Gasteiger partial charge on any atom is -0.756 e. The maximum absolute atomic E-state index is 12.9. The normalized spacial score (nSPS) is 14.2. The average Bonchev–Trinajstić information content (AvgIpc) is 3.32. The minimum atomic E-state index is -4.56. The van der Waals surface area contributed by atoms with E-state index in [1.54, 1.807) is 0 Å². The fraction of sp³-hybridized carbons (Fsp3) is 0.852. The average molecular weight is 1010 g/mol. The number of likely N-dealkylation sites (N-methyl/N-ethyl adjacent to an activating group) is 1. The van der Waals surface area contributed by atoms with Gasteiger partial charge in [-0.2, -0.15) is 0 Å². The first-order chi connectivity index (χ1) is 34.0. The van der Waals surface area contributed by atoms with Crippen molar-refractivity contribution in [2.75, 3.05) is 40.9 Å². The van der Waals surface area contributed by atoms with Gasteiger partial charge in [-0.1, -0.05) is 274 Å². The van der Waals surface area contributed by atoms with Crippen LogP contribution in [0.5, 0.6) is 0 Å². The largest absolute Gasteiger partial charge is 0.756 e. The fourth-order valence-corrected chi connectivity index (χ4v) is 9.64. The molecule has 8 nitrogen and oxygen atoms in total. The third-order valence-corrected chi connectivity index (χ3v) is 14.5. The van der Waals surface area contributed by atoms with Crippen molar-refractivity contribution in [3.63, 3.8) is 0 Å². The number of carbonyl (C=O) groups excluding carboxylic acids is 1. The van der Waals surface area contributed by atoms with Crippen LogP contribution in [-0.2, 0) is 18.4 Å². The summed E-state index contributed by atoms with van der Waals surface area (Å²) < 4.78 is 23.3. The highest BCUT2D eigenvalue weighted by molar-refractivity contribution is 7.45. The van der Waals surface area contributed by atoms with Gasteiger partial charge in [0.1, 0.15) is 13.2 Å². The van der Waals surface area contributed by atoms with Crippen LogP contribution in [0.4, 0.5) is 0 Å². The van der Waals surface area contributed by atoms with Crippen molar-refractivity contribution in [3.8, 4) is 0 Å². The van der Waals surface area contributed by atoms with Crippen molar-refractivity contribution in [2.24, 2.45) is 0 Å². The molecule has 0 aromatic heterocycles. The summed E-state index contributed by atoms with van der Waals surface area (Å²) in [6.07, 6.45) is 68.9. The van der Waals surface area contributed by atoms with E-state index in [1.807, 2.05) is 21.1 Å². The zero-order valence-corrected chi connectivity index (χ0v) is 47.9. The van der Waals surface area contributed by atoms with Crippen molar-refractivity contribution in [1.29, 1.82) is 0 Å². The molecule has 0 saturated heterocycles. The second kappa shape index (κ2) is 52.3. The molecule has 0 rings (SSSR count). The first-order valence-corrected chi connectivity index (χ1v) is 31.4. The monoisotopic (exact) mass is 1000 g/mol. The molecule has 0 fully saturated rings. The molecule has 412 valence electrons. The van der Waals surface area contributed by atoms with E-state index in [4.69, 9.17) is 9.05 Å². The first-order valence-electron chi connectivity index (χ1n) is 30.0. The van der Waals surface area contributed by atoms with Gasteiger partial charge in [-0.05, 0) is 51.4 Å². The Balaban J connectivity index is 3.85. The van der Waals surface area contributed by atoms with Crippen molar-refractivity contribution in [2.45, 2.75) is 296 Å².